The fourth-order valence-corrected chi connectivity index (χ4v) is 2.83. The Morgan fingerprint density at radius 3 is 2.64 bits per heavy atom. The Kier molecular flexibility index (Phi) is 4.79. The van der Waals surface area contributed by atoms with Crippen LogP contribution in [0.1, 0.15) is 41.9 Å². The maximum absolute atomic E-state index is 12.2. The Morgan fingerprint density at radius 1 is 1.16 bits per heavy atom. The van der Waals surface area contributed by atoms with Gasteiger partial charge in [-0.15, -0.1) is 0 Å². The topological polar surface area (TPSA) is 74.6 Å². The molecule has 6 heteroatoms. The van der Waals surface area contributed by atoms with E-state index in [4.69, 9.17) is 4.42 Å². The van der Waals surface area contributed by atoms with Gasteiger partial charge in [-0.2, -0.15) is 0 Å². The molecule has 1 saturated heterocycles. The molecule has 0 radical (unpaired) electrons. The molecule has 0 spiro atoms. The van der Waals surface area contributed by atoms with E-state index in [1.165, 1.54) is 0 Å². The SMILES string of the molecule is CC1(C)CCN1C(=O)NCc1cccc(C(=O)NCc2ccco2)c1. The van der Waals surface area contributed by atoms with Crippen LogP contribution in [-0.2, 0) is 13.1 Å². The van der Waals surface area contributed by atoms with Gasteiger partial charge in [-0.25, -0.2) is 4.79 Å². The third-order valence-electron chi connectivity index (χ3n) is 4.56. The van der Waals surface area contributed by atoms with E-state index in [-0.39, 0.29) is 17.5 Å². The van der Waals surface area contributed by atoms with Crippen LogP contribution in [0.2, 0.25) is 0 Å². The summed E-state index contributed by atoms with van der Waals surface area (Å²) in [4.78, 5) is 26.2. The van der Waals surface area contributed by atoms with Crippen molar-refractivity contribution >= 4 is 11.9 Å². The van der Waals surface area contributed by atoms with Gasteiger partial charge >= 0.3 is 6.03 Å². The first-order valence-electron chi connectivity index (χ1n) is 8.41. The van der Waals surface area contributed by atoms with Crippen molar-refractivity contribution < 1.29 is 14.0 Å². The van der Waals surface area contributed by atoms with Crippen LogP contribution in [-0.4, -0.2) is 28.9 Å². The fraction of sp³-hybridized carbons (Fsp3) is 0.368. The third-order valence-corrected chi connectivity index (χ3v) is 4.56. The zero-order chi connectivity index (χ0) is 17.9. The van der Waals surface area contributed by atoms with Gasteiger partial charge in [0.1, 0.15) is 5.76 Å². The van der Waals surface area contributed by atoms with Crippen LogP contribution in [0, 0.1) is 0 Å². The Balaban J connectivity index is 1.54. The summed E-state index contributed by atoms with van der Waals surface area (Å²) >= 11 is 0. The Hall–Kier alpha value is -2.76. The quantitative estimate of drug-likeness (QED) is 0.878. The molecule has 2 aromatic rings. The summed E-state index contributed by atoms with van der Waals surface area (Å²) in [5, 5.41) is 5.73. The fourth-order valence-electron chi connectivity index (χ4n) is 2.83. The molecule has 1 fully saturated rings. The highest BCUT2D eigenvalue weighted by atomic mass is 16.3. The molecular weight excluding hydrogens is 318 g/mol. The normalized spacial score (nSPS) is 15.4. The number of benzene rings is 1. The number of amides is 3. The molecule has 0 aliphatic carbocycles. The van der Waals surface area contributed by atoms with E-state index < -0.39 is 0 Å². The molecule has 2 N–H and O–H groups in total. The minimum atomic E-state index is -0.173. The molecular formula is C19H23N3O3. The second-order valence-corrected chi connectivity index (χ2v) is 6.84. The standard InChI is InChI=1S/C19H23N3O3/c1-19(2)8-9-22(19)18(24)21-12-14-5-3-6-15(11-14)17(23)20-13-16-7-4-10-25-16/h3-7,10-11H,8-9,12-13H2,1-2H3,(H,20,23)(H,21,24). The first-order chi connectivity index (χ1) is 12.0. The molecule has 0 unspecified atom stereocenters. The molecule has 3 amide bonds. The van der Waals surface area contributed by atoms with Crippen LogP contribution >= 0.6 is 0 Å². The van der Waals surface area contributed by atoms with Crippen molar-refractivity contribution in [1.29, 1.82) is 0 Å². The monoisotopic (exact) mass is 341 g/mol. The maximum atomic E-state index is 12.2. The molecule has 1 aromatic carbocycles. The van der Waals surface area contributed by atoms with Gasteiger partial charge in [-0.05, 0) is 50.1 Å². The number of urea groups is 1. The van der Waals surface area contributed by atoms with Crippen LogP contribution in [0.4, 0.5) is 4.79 Å². The highest BCUT2D eigenvalue weighted by molar-refractivity contribution is 5.94. The molecule has 6 nitrogen and oxygen atoms in total. The van der Waals surface area contributed by atoms with Gasteiger partial charge in [0.15, 0.2) is 0 Å². The number of hydrogen-bond donors (Lipinski definition) is 2. The van der Waals surface area contributed by atoms with Crippen molar-refractivity contribution in [3.63, 3.8) is 0 Å². The van der Waals surface area contributed by atoms with E-state index in [9.17, 15) is 9.59 Å². The lowest BCUT2D eigenvalue weighted by molar-refractivity contribution is 0.0531. The van der Waals surface area contributed by atoms with Crippen molar-refractivity contribution in [3.05, 3.63) is 59.5 Å². The predicted octanol–water partition coefficient (Wildman–Crippen LogP) is 2.90. The summed E-state index contributed by atoms with van der Waals surface area (Å²) in [5.74, 6) is 0.530. The Morgan fingerprint density at radius 2 is 2.00 bits per heavy atom. The molecule has 0 atom stereocenters. The minimum Gasteiger partial charge on any atom is -0.467 e. The maximum Gasteiger partial charge on any atom is 0.318 e. The first-order valence-corrected chi connectivity index (χ1v) is 8.41. The molecule has 132 valence electrons. The summed E-state index contributed by atoms with van der Waals surface area (Å²) in [6, 6.07) is 10.8. The van der Waals surface area contributed by atoms with Crippen molar-refractivity contribution in [2.45, 2.75) is 38.9 Å². The van der Waals surface area contributed by atoms with Gasteiger partial charge in [0.25, 0.3) is 5.91 Å². The number of nitrogens with zero attached hydrogens (tertiary/aromatic N) is 1. The zero-order valence-electron chi connectivity index (χ0n) is 14.5. The predicted molar refractivity (Wildman–Crippen MR) is 94.0 cm³/mol. The first kappa shape index (κ1) is 17.1. The largest absolute Gasteiger partial charge is 0.467 e. The summed E-state index contributed by atoms with van der Waals surface area (Å²) < 4.78 is 5.20. The molecule has 3 rings (SSSR count). The summed E-state index contributed by atoms with van der Waals surface area (Å²) in [6.07, 6.45) is 2.59. The number of likely N-dealkylation sites (tertiary alicyclic amines) is 1. The highest BCUT2D eigenvalue weighted by Gasteiger charge is 2.39. The lowest BCUT2D eigenvalue weighted by Gasteiger charge is -2.48. The van der Waals surface area contributed by atoms with Crippen molar-refractivity contribution in [1.82, 2.24) is 15.5 Å². The third kappa shape index (κ3) is 4.02. The number of carbonyl (C=O) groups is 2. The van der Waals surface area contributed by atoms with Crippen LogP contribution < -0.4 is 10.6 Å². The van der Waals surface area contributed by atoms with Crippen LogP contribution in [0.5, 0.6) is 0 Å². The van der Waals surface area contributed by atoms with Gasteiger partial charge in [-0.1, -0.05) is 12.1 Å². The van der Waals surface area contributed by atoms with E-state index in [1.807, 2.05) is 23.1 Å². The number of carbonyl (C=O) groups excluding carboxylic acids is 2. The lowest BCUT2D eigenvalue weighted by Crippen LogP contribution is -2.61. The smallest absolute Gasteiger partial charge is 0.318 e. The van der Waals surface area contributed by atoms with Crippen molar-refractivity contribution in [2.24, 2.45) is 0 Å². The van der Waals surface area contributed by atoms with E-state index in [2.05, 4.69) is 24.5 Å². The molecule has 0 bridgehead atoms. The molecule has 1 aromatic heterocycles. The molecule has 25 heavy (non-hydrogen) atoms. The van der Waals surface area contributed by atoms with Crippen LogP contribution in [0.3, 0.4) is 0 Å². The van der Waals surface area contributed by atoms with Gasteiger partial charge < -0.3 is 20.0 Å². The van der Waals surface area contributed by atoms with Crippen molar-refractivity contribution in [3.8, 4) is 0 Å². The van der Waals surface area contributed by atoms with E-state index in [0.717, 1.165) is 18.5 Å². The lowest BCUT2D eigenvalue weighted by atomic mass is 9.89. The van der Waals surface area contributed by atoms with E-state index in [1.54, 1.807) is 24.5 Å². The van der Waals surface area contributed by atoms with Gasteiger partial charge in [0.2, 0.25) is 0 Å². The Bertz CT molecular complexity index is 753. The highest BCUT2D eigenvalue weighted by Crippen LogP contribution is 2.29. The van der Waals surface area contributed by atoms with Gasteiger partial charge in [0, 0.05) is 24.2 Å². The minimum absolute atomic E-state index is 0.0658. The van der Waals surface area contributed by atoms with Gasteiger partial charge in [0.05, 0.1) is 12.8 Å². The summed E-state index contributed by atoms with van der Waals surface area (Å²) in [7, 11) is 0. The second-order valence-electron chi connectivity index (χ2n) is 6.84. The van der Waals surface area contributed by atoms with E-state index in [0.29, 0.717) is 24.4 Å². The number of furan rings is 1. The number of nitrogens with one attached hydrogen (secondary N) is 2. The van der Waals surface area contributed by atoms with Crippen LogP contribution in [0.15, 0.2) is 47.1 Å². The average Bonchev–Trinajstić information content (AvgIpc) is 3.11. The Labute approximate surface area is 147 Å². The van der Waals surface area contributed by atoms with Gasteiger partial charge in [-0.3, -0.25) is 4.79 Å². The zero-order valence-corrected chi connectivity index (χ0v) is 14.5. The van der Waals surface area contributed by atoms with E-state index >= 15 is 0 Å². The second kappa shape index (κ2) is 7.01. The molecule has 1 aliphatic heterocycles. The number of hydrogen-bond acceptors (Lipinski definition) is 3. The molecule has 1 aliphatic rings. The number of rotatable bonds is 5. The average molecular weight is 341 g/mol. The summed E-state index contributed by atoms with van der Waals surface area (Å²) in [5.41, 5.74) is 1.37. The van der Waals surface area contributed by atoms with Crippen molar-refractivity contribution in [2.75, 3.05) is 6.54 Å². The molecule has 0 saturated carbocycles. The molecule has 2 heterocycles. The van der Waals surface area contributed by atoms with Crippen LogP contribution in [0.25, 0.3) is 0 Å². The summed E-state index contributed by atoms with van der Waals surface area (Å²) in [6.45, 7) is 5.63.